The molecule has 0 radical (unpaired) electrons. The zero-order valence-electron chi connectivity index (χ0n) is 14.5. The van der Waals surface area contributed by atoms with E-state index in [1.54, 1.807) is 30.3 Å². The van der Waals surface area contributed by atoms with Crippen LogP contribution in [0.25, 0.3) is 0 Å². The van der Waals surface area contributed by atoms with E-state index < -0.39 is 0 Å². The van der Waals surface area contributed by atoms with Gasteiger partial charge in [0.1, 0.15) is 0 Å². The first-order chi connectivity index (χ1) is 13.7. The van der Waals surface area contributed by atoms with Crippen molar-refractivity contribution in [3.63, 3.8) is 0 Å². The van der Waals surface area contributed by atoms with Crippen LogP contribution in [0.4, 0.5) is 17.2 Å². The van der Waals surface area contributed by atoms with Crippen molar-refractivity contribution in [3.05, 3.63) is 54.2 Å². The molecule has 5 rings (SSSR count). The number of hydrogen-bond acceptors (Lipinski definition) is 8. The van der Waals surface area contributed by atoms with Crippen LogP contribution in [-0.4, -0.2) is 29.7 Å². The predicted molar refractivity (Wildman–Crippen MR) is 98.4 cm³/mol. The topological polar surface area (TPSA) is 104 Å². The number of rotatable bonds is 4. The van der Waals surface area contributed by atoms with Crippen LogP contribution in [0.1, 0.15) is 10.5 Å². The number of carbonyl (C=O) groups excluding carboxylic acids is 1. The maximum atomic E-state index is 12.4. The Morgan fingerprint density at radius 1 is 0.750 bits per heavy atom. The van der Waals surface area contributed by atoms with Crippen LogP contribution in [-0.2, 0) is 0 Å². The Morgan fingerprint density at radius 2 is 1.39 bits per heavy atom. The van der Waals surface area contributed by atoms with E-state index in [4.69, 9.17) is 18.9 Å². The van der Waals surface area contributed by atoms with Gasteiger partial charge in [0, 0.05) is 23.5 Å². The fourth-order valence-electron chi connectivity index (χ4n) is 2.81. The van der Waals surface area contributed by atoms with Crippen molar-refractivity contribution >= 4 is 23.1 Å². The molecule has 0 saturated carbocycles. The van der Waals surface area contributed by atoms with Gasteiger partial charge in [0.2, 0.25) is 13.6 Å². The third-order valence-corrected chi connectivity index (χ3v) is 4.17. The van der Waals surface area contributed by atoms with Crippen molar-refractivity contribution in [2.24, 2.45) is 0 Å². The Morgan fingerprint density at radius 3 is 2.07 bits per heavy atom. The number of aromatic nitrogens is 2. The van der Waals surface area contributed by atoms with Crippen LogP contribution in [0.2, 0.25) is 0 Å². The Balaban J connectivity index is 1.26. The molecule has 0 saturated heterocycles. The Hall–Kier alpha value is -4.01. The number of fused-ring (bicyclic) bond motifs is 2. The van der Waals surface area contributed by atoms with E-state index in [0.717, 1.165) is 5.69 Å². The molecular formula is C19H14N4O5. The lowest BCUT2D eigenvalue weighted by molar-refractivity contribution is 0.102. The predicted octanol–water partition coefficient (Wildman–Crippen LogP) is 2.93. The molecule has 3 heterocycles. The first kappa shape index (κ1) is 16.2. The fourth-order valence-corrected chi connectivity index (χ4v) is 2.81. The summed E-state index contributed by atoms with van der Waals surface area (Å²) in [5, 5.41) is 13.9. The summed E-state index contributed by atoms with van der Waals surface area (Å²) < 4.78 is 21.2. The van der Waals surface area contributed by atoms with Crippen molar-refractivity contribution in [1.82, 2.24) is 10.2 Å². The average molecular weight is 378 g/mol. The number of ether oxygens (including phenoxy) is 4. The van der Waals surface area contributed by atoms with Gasteiger partial charge in [-0.3, -0.25) is 4.79 Å². The smallest absolute Gasteiger partial charge is 0.276 e. The fraction of sp³-hybridized carbons (Fsp3) is 0.105. The summed E-state index contributed by atoms with van der Waals surface area (Å²) in [4.78, 5) is 12.4. The third-order valence-electron chi connectivity index (χ3n) is 4.17. The highest BCUT2D eigenvalue weighted by atomic mass is 16.7. The minimum absolute atomic E-state index is 0.177. The first-order valence-electron chi connectivity index (χ1n) is 8.46. The van der Waals surface area contributed by atoms with Gasteiger partial charge in [-0.25, -0.2) is 0 Å². The lowest BCUT2D eigenvalue weighted by atomic mass is 10.2. The van der Waals surface area contributed by atoms with Gasteiger partial charge in [-0.05, 0) is 36.4 Å². The summed E-state index contributed by atoms with van der Waals surface area (Å²) in [5.74, 6) is 2.73. The van der Waals surface area contributed by atoms with E-state index in [-0.39, 0.29) is 25.2 Å². The number of amides is 1. The molecule has 0 aliphatic carbocycles. The molecule has 28 heavy (non-hydrogen) atoms. The summed E-state index contributed by atoms with van der Waals surface area (Å²) in [6.07, 6.45) is 0. The van der Waals surface area contributed by atoms with Gasteiger partial charge >= 0.3 is 0 Å². The first-order valence-corrected chi connectivity index (χ1v) is 8.46. The molecule has 2 aliphatic rings. The molecule has 0 fully saturated rings. The summed E-state index contributed by atoms with van der Waals surface area (Å²) in [5.41, 5.74) is 1.55. The Labute approximate surface area is 159 Å². The lowest BCUT2D eigenvalue weighted by Crippen LogP contribution is -2.14. The molecule has 0 unspecified atom stereocenters. The number of nitrogens with zero attached hydrogens (tertiary/aromatic N) is 2. The molecule has 140 valence electrons. The monoisotopic (exact) mass is 378 g/mol. The zero-order chi connectivity index (χ0) is 18.9. The van der Waals surface area contributed by atoms with Crippen LogP contribution < -0.4 is 29.6 Å². The molecule has 1 amide bonds. The van der Waals surface area contributed by atoms with E-state index >= 15 is 0 Å². The largest absolute Gasteiger partial charge is 0.454 e. The lowest BCUT2D eigenvalue weighted by Gasteiger charge is -2.07. The number of anilines is 3. The molecule has 0 atom stereocenters. The quantitative estimate of drug-likeness (QED) is 0.714. The molecule has 2 aliphatic heterocycles. The van der Waals surface area contributed by atoms with Crippen molar-refractivity contribution in [2.75, 3.05) is 24.2 Å². The van der Waals surface area contributed by atoms with Crippen molar-refractivity contribution < 1.29 is 23.7 Å². The van der Waals surface area contributed by atoms with Gasteiger partial charge in [-0.2, -0.15) is 0 Å². The molecular weight excluding hydrogens is 364 g/mol. The SMILES string of the molecule is O=C(Nc1ccc2c(c1)OCO2)c1ccc(Nc2ccc3c(c2)OCO3)nn1. The molecule has 0 bridgehead atoms. The second-order valence-electron chi connectivity index (χ2n) is 6.02. The highest BCUT2D eigenvalue weighted by Gasteiger charge is 2.16. The number of benzene rings is 2. The summed E-state index contributed by atoms with van der Waals surface area (Å²) in [6, 6.07) is 13.9. The summed E-state index contributed by atoms with van der Waals surface area (Å²) in [6.45, 7) is 0.391. The highest BCUT2D eigenvalue weighted by molar-refractivity contribution is 6.03. The Kier molecular flexibility index (Phi) is 3.82. The van der Waals surface area contributed by atoms with Crippen molar-refractivity contribution in [2.45, 2.75) is 0 Å². The second kappa shape index (κ2) is 6.62. The van der Waals surface area contributed by atoms with Crippen LogP contribution in [0.3, 0.4) is 0 Å². The average Bonchev–Trinajstić information content (AvgIpc) is 3.36. The van der Waals surface area contributed by atoms with Gasteiger partial charge in [-0.15, -0.1) is 10.2 Å². The van der Waals surface area contributed by atoms with Crippen molar-refractivity contribution in [3.8, 4) is 23.0 Å². The van der Waals surface area contributed by atoms with Crippen LogP contribution in [0.15, 0.2) is 48.5 Å². The molecule has 0 spiro atoms. The van der Waals surface area contributed by atoms with Crippen LogP contribution in [0.5, 0.6) is 23.0 Å². The normalized spacial score (nSPS) is 13.3. The summed E-state index contributed by atoms with van der Waals surface area (Å²) >= 11 is 0. The van der Waals surface area contributed by atoms with E-state index in [1.807, 2.05) is 18.2 Å². The maximum absolute atomic E-state index is 12.4. The molecule has 1 aromatic heterocycles. The van der Waals surface area contributed by atoms with Gasteiger partial charge in [0.15, 0.2) is 34.5 Å². The Bertz CT molecular complexity index is 1050. The van der Waals surface area contributed by atoms with Crippen molar-refractivity contribution in [1.29, 1.82) is 0 Å². The van der Waals surface area contributed by atoms with Gasteiger partial charge < -0.3 is 29.6 Å². The van der Waals surface area contributed by atoms with E-state index in [0.29, 0.717) is 34.5 Å². The van der Waals surface area contributed by atoms with Gasteiger partial charge in [0.05, 0.1) is 0 Å². The van der Waals surface area contributed by atoms with Crippen LogP contribution in [0, 0.1) is 0 Å². The minimum Gasteiger partial charge on any atom is -0.454 e. The number of nitrogens with one attached hydrogen (secondary N) is 2. The highest BCUT2D eigenvalue weighted by Crippen LogP contribution is 2.35. The van der Waals surface area contributed by atoms with Crippen LogP contribution >= 0.6 is 0 Å². The number of hydrogen-bond donors (Lipinski definition) is 2. The van der Waals surface area contributed by atoms with E-state index in [2.05, 4.69) is 20.8 Å². The molecule has 2 N–H and O–H groups in total. The zero-order valence-corrected chi connectivity index (χ0v) is 14.5. The molecule has 3 aromatic rings. The second-order valence-corrected chi connectivity index (χ2v) is 6.02. The molecule has 9 nitrogen and oxygen atoms in total. The van der Waals surface area contributed by atoms with Gasteiger partial charge in [0.25, 0.3) is 5.91 Å². The third kappa shape index (κ3) is 3.09. The summed E-state index contributed by atoms with van der Waals surface area (Å²) in [7, 11) is 0. The minimum atomic E-state index is -0.374. The van der Waals surface area contributed by atoms with Gasteiger partial charge in [-0.1, -0.05) is 0 Å². The standard InChI is InChI=1S/C19H14N4O5/c24-19(21-12-2-5-15-17(8-12)28-10-26-15)13-3-6-18(23-22-13)20-11-1-4-14-16(7-11)27-9-25-14/h1-8H,9-10H2,(H,20,23)(H,21,24). The maximum Gasteiger partial charge on any atom is 0.276 e. The molecule has 2 aromatic carbocycles. The molecule has 9 heteroatoms. The van der Waals surface area contributed by atoms with E-state index in [1.165, 1.54) is 0 Å². The number of carbonyl (C=O) groups is 1. The van der Waals surface area contributed by atoms with E-state index in [9.17, 15) is 4.79 Å².